The zero-order valence-corrected chi connectivity index (χ0v) is 17.6. The lowest BCUT2D eigenvalue weighted by Crippen LogP contribution is -2.32. The molecule has 0 aromatic heterocycles. The molecular weight excluding hydrogens is 414 g/mol. The van der Waals surface area contributed by atoms with Crippen molar-refractivity contribution in [2.24, 2.45) is 0 Å². The van der Waals surface area contributed by atoms with Gasteiger partial charge in [0.1, 0.15) is 0 Å². The van der Waals surface area contributed by atoms with Gasteiger partial charge in [0.2, 0.25) is 5.91 Å². The summed E-state index contributed by atoms with van der Waals surface area (Å²) in [5, 5.41) is 8.55. The van der Waals surface area contributed by atoms with Crippen molar-refractivity contribution in [3.05, 3.63) is 101 Å². The van der Waals surface area contributed by atoms with Crippen molar-refractivity contribution in [3.63, 3.8) is 0 Å². The molecule has 0 heterocycles. The first-order valence-corrected chi connectivity index (χ1v) is 10.1. The number of amides is 3. The largest absolute Gasteiger partial charge is 0.355 e. The van der Waals surface area contributed by atoms with Crippen LogP contribution in [0.15, 0.2) is 78.9 Å². The van der Waals surface area contributed by atoms with E-state index in [0.29, 0.717) is 21.8 Å². The van der Waals surface area contributed by atoms with Crippen LogP contribution in [0.25, 0.3) is 0 Å². The van der Waals surface area contributed by atoms with E-state index in [9.17, 15) is 14.4 Å². The lowest BCUT2D eigenvalue weighted by atomic mass is 10.0. The van der Waals surface area contributed by atoms with Gasteiger partial charge in [-0.2, -0.15) is 0 Å². The first-order valence-electron chi connectivity index (χ1n) is 9.71. The molecule has 0 fully saturated rings. The van der Waals surface area contributed by atoms with Gasteiger partial charge in [-0.05, 0) is 29.8 Å². The molecule has 0 aliphatic heterocycles. The predicted octanol–water partition coefficient (Wildman–Crippen LogP) is 4.20. The van der Waals surface area contributed by atoms with Crippen molar-refractivity contribution < 1.29 is 14.4 Å². The fourth-order valence-electron chi connectivity index (χ4n) is 3.13. The zero-order valence-electron chi connectivity index (χ0n) is 16.9. The van der Waals surface area contributed by atoms with Gasteiger partial charge >= 0.3 is 0 Å². The highest BCUT2D eigenvalue weighted by molar-refractivity contribution is 6.33. The molecule has 3 N–H and O–H groups in total. The molecule has 1 atom stereocenters. The van der Waals surface area contributed by atoms with E-state index in [1.54, 1.807) is 48.5 Å². The van der Waals surface area contributed by atoms with E-state index in [2.05, 4.69) is 16.0 Å². The minimum atomic E-state index is -0.586. The van der Waals surface area contributed by atoms with Crippen LogP contribution in [0.5, 0.6) is 0 Å². The third-order valence-electron chi connectivity index (χ3n) is 4.69. The molecule has 0 aliphatic rings. The summed E-state index contributed by atoms with van der Waals surface area (Å²) in [5.74, 6) is -1.02. The van der Waals surface area contributed by atoms with Crippen LogP contribution in [0, 0.1) is 0 Å². The molecule has 3 rings (SSSR count). The van der Waals surface area contributed by atoms with E-state index in [1.807, 2.05) is 30.3 Å². The van der Waals surface area contributed by atoms with Gasteiger partial charge in [0.15, 0.2) is 0 Å². The number of hydrogen-bond acceptors (Lipinski definition) is 3. The van der Waals surface area contributed by atoms with Crippen LogP contribution in [0.2, 0.25) is 5.02 Å². The van der Waals surface area contributed by atoms with Crippen molar-refractivity contribution >= 4 is 35.0 Å². The molecule has 0 bridgehead atoms. The maximum Gasteiger partial charge on any atom is 0.253 e. The van der Waals surface area contributed by atoms with Crippen molar-refractivity contribution in [3.8, 4) is 0 Å². The van der Waals surface area contributed by atoms with E-state index in [4.69, 9.17) is 11.6 Å². The number of rotatable bonds is 7. The summed E-state index contributed by atoms with van der Waals surface area (Å²) in [5.41, 5.74) is 1.86. The first-order chi connectivity index (χ1) is 15.0. The van der Waals surface area contributed by atoms with E-state index in [-0.39, 0.29) is 24.1 Å². The lowest BCUT2D eigenvalue weighted by Gasteiger charge is -2.20. The zero-order chi connectivity index (χ0) is 22.2. The Labute approximate surface area is 185 Å². The molecular formula is C24H22ClN3O3. The van der Waals surface area contributed by atoms with E-state index < -0.39 is 6.04 Å². The quantitative estimate of drug-likeness (QED) is 0.519. The van der Waals surface area contributed by atoms with E-state index in [0.717, 1.165) is 5.56 Å². The molecule has 3 aromatic rings. The average Bonchev–Trinajstić information content (AvgIpc) is 2.79. The minimum Gasteiger partial charge on any atom is -0.355 e. The summed E-state index contributed by atoms with van der Waals surface area (Å²) in [7, 11) is 1.52. The van der Waals surface area contributed by atoms with E-state index >= 15 is 0 Å². The van der Waals surface area contributed by atoms with Crippen LogP contribution in [-0.4, -0.2) is 24.8 Å². The molecule has 1 unspecified atom stereocenters. The number of halogens is 1. The number of benzene rings is 3. The molecule has 31 heavy (non-hydrogen) atoms. The molecule has 7 heteroatoms. The number of nitrogens with one attached hydrogen (secondary N) is 3. The summed E-state index contributed by atoms with van der Waals surface area (Å²) in [6.45, 7) is 0. The second-order valence-electron chi connectivity index (χ2n) is 6.79. The van der Waals surface area contributed by atoms with Gasteiger partial charge in [-0.15, -0.1) is 0 Å². The summed E-state index contributed by atoms with van der Waals surface area (Å²) in [6.07, 6.45) is -0.0255. The molecule has 0 radical (unpaired) electrons. The van der Waals surface area contributed by atoms with E-state index in [1.165, 1.54) is 7.05 Å². The van der Waals surface area contributed by atoms with Crippen LogP contribution in [0.4, 0.5) is 5.69 Å². The SMILES string of the molecule is CNC(=O)c1ccccc1NC(=O)CC(NC(=O)c1ccccc1Cl)c1ccccc1. The third kappa shape index (κ3) is 5.71. The Hall–Kier alpha value is -3.64. The Bertz CT molecular complexity index is 1090. The van der Waals surface area contributed by atoms with Crippen LogP contribution >= 0.6 is 11.6 Å². The van der Waals surface area contributed by atoms with Crippen molar-refractivity contribution in [1.29, 1.82) is 0 Å². The highest BCUT2D eigenvalue weighted by Gasteiger charge is 2.21. The fraction of sp³-hybridized carbons (Fsp3) is 0.125. The highest BCUT2D eigenvalue weighted by atomic mass is 35.5. The Morgan fingerprint density at radius 3 is 2.10 bits per heavy atom. The van der Waals surface area contributed by atoms with Crippen molar-refractivity contribution in [2.45, 2.75) is 12.5 Å². The Kier molecular flexibility index (Phi) is 7.40. The maximum absolute atomic E-state index is 12.8. The topological polar surface area (TPSA) is 87.3 Å². The van der Waals surface area contributed by atoms with Gasteiger partial charge in [0.05, 0.1) is 34.3 Å². The standard InChI is InChI=1S/C24H22ClN3O3/c1-26-23(30)18-12-6-8-14-20(18)27-22(29)15-21(16-9-3-2-4-10-16)28-24(31)17-11-5-7-13-19(17)25/h2-14,21H,15H2,1H3,(H,26,30)(H,27,29)(H,28,31). The molecule has 158 valence electrons. The van der Waals surface area contributed by atoms with Gasteiger partial charge < -0.3 is 16.0 Å². The molecule has 0 saturated heterocycles. The normalized spacial score (nSPS) is 11.3. The number of anilines is 1. The van der Waals surface area contributed by atoms with Crippen LogP contribution in [0.3, 0.4) is 0 Å². The molecule has 0 spiro atoms. The lowest BCUT2D eigenvalue weighted by molar-refractivity contribution is -0.116. The highest BCUT2D eigenvalue weighted by Crippen LogP contribution is 2.22. The minimum absolute atomic E-state index is 0.0255. The Morgan fingerprint density at radius 2 is 1.42 bits per heavy atom. The smallest absolute Gasteiger partial charge is 0.253 e. The van der Waals surface area contributed by atoms with Crippen molar-refractivity contribution in [2.75, 3.05) is 12.4 Å². The Balaban J connectivity index is 1.80. The molecule has 3 amide bonds. The number of carbonyl (C=O) groups excluding carboxylic acids is 3. The molecule has 3 aromatic carbocycles. The number of hydrogen-bond donors (Lipinski definition) is 3. The van der Waals surface area contributed by atoms with Crippen LogP contribution < -0.4 is 16.0 Å². The second-order valence-corrected chi connectivity index (χ2v) is 7.20. The average molecular weight is 436 g/mol. The van der Waals surface area contributed by atoms with Gasteiger partial charge in [-0.3, -0.25) is 14.4 Å². The summed E-state index contributed by atoms with van der Waals surface area (Å²) in [6, 6.07) is 22.1. The second kappa shape index (κ2) is 10.4. The first kappa shape index (κ1) is 22.1. The van der Waals surface area contributed by atoms with Gasteiger partial charge in [-0.25, -0.2) is 0 Å². The molecule has 0 aliphatic carbocycles. The van der Waals surface area contributed by atoms with Crippen molar-refractivity contribution in [1.82, 2.24) is 10.6 Å². The summed E-state index contributed by atoms with van der Waals surface area (Å²) >= 11 is 6.14. The summed E-state index contributed by atoms with van der Waals surface area (Å²) < 4.78 is 0. The van der Waals surface area contributed by atoms with Crippen LogP contribution in [0.1, 0.15) is 38.7 Å². The molecule has 0 saturated carbocycles. The predicted molar refractivity (Wildman–Crippen MR) is 121 cm³/mol. The van der Waals surface area contributed by atoms with Crippen LogP contribution in [-0.2, 0) is 4.79 Å². The Morgan fingerprint density at radius 1 is 0.806 bits per heavy atom. The maximum atomic E-state index is 12.8. The monoisotopic (exact) mass is 435 g/mol. The van der Waals surface area contributed by atoms with Gasteiger partial charge in [0, 0.05) is 7.05 Å². The fourth-order valence-corrected chi connectivity index (χ4v) is 3.35. The number of carbonyl (C=O) groups is 3. The van der Waals surface area contributed by atoms with Gasteiger partial charge in [0.25, 0.3) is 11.8 Å². The third-order valence-corrected chi connectivity index (χ3v) is 5.02. The summed E-state index contributed by atoms with van der Waals surface area (Å²) in [4.78, 5) is 37.7. The number of para-hydroxylation sites is 1. The molecule has 6 nitrogen and oxygen atoms in total. The van der Waals surface area contributed by atoms with Gasteiger partial charge in [-0.1, -0.05) is 66.2 Å².